The van der Waals surface area contributed by atoms with E-state index >= 15 is 0 Å². The molecule has 1 N–H and O–H groups in total. The second-order valence-electron chi connectivity index (χ2n) is 8.08. The molecule has 164 valence electrons. The van der Waals surface area contributed by atoms with Crippen LogP contribution in [0.3, 0.4) is 0 Å². The Kier molecular flexibility index (Phi) is 7.60. The molecule has 1 fully saturated rings. The highest BCUT2D eigenvalue weighted by molar-refractivity contribution is 5.80. The lowest BCUT2D eigenvalue weighted by Crippen LogP contribution is -2.52. The number of nitrogens with one attached hydrogen (secondary N) is 1. The van der Waals surface area contributed by atoms with E-state index in [0.717, 1.165) is 63.2 Å². The Bertz CT molecular complexity index is 838. The Morgan fingerprint density at radius 3 is 2.60 bits per heavy atom. The van der Waals surface area contributed by atoms with Crippen LogP contribution >= 0.6 is 0 Å². The van der Waals surface area contributed by atoms with Gasteiger partial charge in [0.1, 0.15) is 5.75 Å². The third-order valence-corrected chi connectivity index (χ3v) is 5.47. The molecule has 0 spiro atoms. The van der Waals surface area contributed by atoms with E-state index in [9.17, 15) is 0 Å². The lowest BCUT2D eigenvalue weighted by Gasteiger charge is -2.38. The van der Waals surface area contributed by atoms with Gasteiger partial charge in [-0.2, -0.15) is 5.10 Å². The summed E-state index contributed by atoms with van der Waals surface area (Å²) in [5.74, 6) is 2.35. The first-order valence-corrected chi connectivity index (χ1v) is 10.9. The quantitative estimate of drug-likeness (QED) is 0.560. The lowest BCUT2D eigenvalue weighted by atomic mass is 10.2. The molecule has 0 aliphatic carbocycles. The summed E-state index contributed by atoms with van der Waals surface area (Å²) in [7, 11) is 1.71. The van der Waals surface area contributed by atoms with Crippen molar-refractivity contribution < 1.29 is 4.74 Å². The summed E-state index contributed by atoms with van der Waals surface area (Å²) in [4.78, 5) is 9.73. The van der Waals surface area contributed by atoms with E-state index in [2.05, 4.69) is 69.9 Å². The van der Waals surface area contributed by atoms with Crippen molar-refractivity contribution in [3.05, 3.63) is 41.7 Å². The van der Waals surface area contributed by atoms with Crippen LogP contribution in [0.15, 0.2) is 35.3 Å². The number of hydrogen-bond donors (Lipinski definition) is 1. The van der Waals surface area contributed by atoms with Crippen molar-refractivity contribution >= 4 is 11.6 Å². The van der Waals surface area contributed by atoms with Crippen LogP contribution in [0.2, 0.25) is 0 Å². The third-order valence-electron chi connectivity index (χ3n) is 5.47. The first-order chi connectivity index (χ1) is 14.5. The van der Waals surface area contributed by atoms with Crippen LogP contribution in [0.25, 0.3) is 0 Å². The summed E-state index contributed by atoms with van der Waals surface area (Å²) in [5, 5.41) is 8.06. The molecule has 0 amide bonds. The van der Waals surface area contributed by atoms with E-state index in [4.69, 9.17) is 9.73 Å². The second-order valence-corrected chi connectivity index (χ2v) is 8.08. The van der Waals surface area contributed by atoms with E-state index < -0.39 is 0 Å². The van der Waals surface area contributed by atoms with E-state index in [0.29, 0.717) is 5.92 Å². The average molecular weight is 413 g/mol. The largest absolute Gasteiger partial charge is 0.497 e. The molecular formula is C23H36N6O. The van der Waals surface area contributed by atoms with Crippen LogP contribution in [0, 0.1) is 19.8 Å². The number of aromatic nitrogens is 2. The fourth-order valence-electron chi connectivity index (χ4n) is 3.86. The zero-order valence-corrected chi connectivity index (χ0v) is 19.1. The summed E-state index contributed by atoms with van der Waals surface area (Å²) in [6.45, 7) is 14.9. The van der Waals surface area contributed by atoms with Gasteiger partial charge >= 0.3 is 0 Å². The van der Waals surface area contributed by atoms with Crippen LogP contribution in [0.5, 0.6) is 5.75 Å². The predicted octanol–water partition coefficient (Wildman–Crippen LogP) is 2.93. The van der Waals surface area contributed by atoms with E-state index in [1.807, 2.05) is 13.0 Å². The number of ether oxygens (including phenoxy) is 1. The number of benzene rings is 1. The summed E-state index contributed by atoms with van der Waals surface area (Å²) in [6, 6.07) is 10.4. The molecule has 1 aromatic heterocycles. The van der Waals surface area contributed by atoms with Crippen molar-refractivity contribution in [2.45, 2.75) is 34.2 Å². The number of aliphatic imine (C=N–C) groups is 1. The van der Waals surface area contributed by atoms with Crippen molar-refractivity contribution in [3.8, 4) is 5.75 Å². The van der Waals surface area contributed by atoms with Crippen molar-refractivity contribution in [2.24, 2.45) is 10.9 Å². The van der Waals surface area contributed by atoms with Crippen LogP contribution in [-0.2, 0) is 6.54 Å². The fourth-order valence-corrected chi connectivity index (χ4v) is 3.86. The van der Waals surface area contributed by atoms with Gasteiger partial charge in [-0.3, -0.25) is 9.67 Å². The number of anilines is 1. The summed E-state index contributed by atoms with van der Waals surface area (Å²) >= 11 is 0. The molecule has 1 atom stereocenters. The van der Waals surface area contributed by atoms with Gasteiger partial charge in [0, 0.05) is 63.3 Å². The first kappa shape index (κ1) is 22.0. The molecule has 1 aromatic carbocycles. The zero-order chi connectivity index (χ0) is 21.5. The normalized spacial score (nSPS) is 16.0. The summed E-state index contributed by atoms with van der Waals surface area (Å²) in [5.41, 5.74) is 3.50. The van der Waals surface area contributed by atoms with Crippen molar-refractivity contribution in [1.82, 2.24) is 20.0 Å². The number of nitrogens with zero attached hydrogens (tertiary/aromatic N) is 5. The molecule has 0 radical (unpaired) electrons. The van der Waals surface area contributed by atoms with E-state index in [1.165, 1.54) is 11.4 Å². The number of rotatable bonds is 7. The highest BCUT2D eigenvalue weighted by Gasteiger charge is 2.20. The van der Waals surface area contributed by atoms with Gasteiger partial charge in [-0.15, -0.1) is 0 Å². The van der Waals surface area contributed by atoms with Crippen LogP contribution in [-0.4, -0.2) is 67.0 Å². The van der Waals surface area contributed by atoms with Crippen molar-refractivity contribution in [1.29, 1.82) is 0 Å². The van der Waals surface area contributed by atoms with Gasteiger partial charge in [-0.05, 0) is 44.9 Å². The van der Waals surface area contributed by atoms with Gasteiger partial charge in [0.25, 0.3) is 0 Å². The minimum Gasteiger partial charge on any atom is -0.497 e. The Labute approximate surface area is 180 Å². The first-order valence-electron chi connectivity index (χ1n) is 10.9. The molecule has 3 rings (SSSR count). The maximum Gasteiger partial charge on any atom is 0.194 e. The second kappa shape index (κ2) is 10.4. The minimum atomic E-state index is 0.426. The average Bonchev–Trinajstić information content (AvgIpc) is 3.07. The van der Waals surface area contributed by atoms with Gasteiger partial charge < -0.3 is 19.9 Å². The van der Waals surface area contributed by atoms with E-state index in [1.54, 1.807) is 7.11 Å². The topological polar surface area (TPSA) is 57.9 Å². The summed E-state index contributed by atoms with van der Waals surface area (Å²) < 4.78 is 7.46. The maximum absolute atomic E-state index is 5.37. The van der Waals surface area contributed by atoms with Gasteiger partial charge in [0.2, 0.25) is 0 Å². The monoisotopic (exact) mass is 412 g/mol. The number of guanidine groups is 1. The maximum atomic E-state index is 5.37. The molecule has 0 saturated carbocycles. The highest BCUT2D eigenvalue weighted by Crippen LogP contribution is 2.22. The number of methoxy groups -OCH3 is 1. The molecule has 1 saturated heterocycles. The number of aryl methyl sites for hydroxylation is 2. The lowest BCUT2D eigenvalue weighted by molar-refractivity contribution is 0.369. The van der Waals surface area contributed by atoms with E-state index in [-0.39, 0.29) is 0 Å². The Morgan fingerprint density at radius 2 is 1.97 bits per heavy atom. The zero-order valence-electron chi connectivity index (χ0n) is 19.1. The van der Waals surface area contributed by atoms with Crippen molar-refractivity contribution in [2.75, 3.05) is 51.3 Å². The predicted molar refractivity (Wildman–Crippen MR) is 124 cm³/mol. The Hall–Kier alpha value is -2.70. The Morgan fingerprint density at radius 1 is 1.20 bits per heavy atom. The molecule has 2 aromatic rings. The molecule has 1 aliphatic heterocycles. The molecular weight excluding hydrogens is 376 g/mol. The van der Waals surface area contributed by atoms with Gasteiger partial charge in [0.05, 0.1) is 12.8 Å². The smallest absolute Gasteiger partial charge is 0.194 e. The Balaban J connectivity index is 1.57. The number of piperazine rings is 1. The molecule has 1 aliphatic rings. The van der Waals surface area contributed by atoms with Crippen molar-refractivity contribution in [3.63, 3.8) is 0 Å². The minimum absolute atomic E-state index is 0.426. The summed E-state index contributed by atoms with van der Waals surface area (Å²) in [6.07, 6.45) is 0. The third kappa shape index (κ3) is 5.68. The van der Waals surface area contributed by atoms with Gasteiger partial charge in [0.15, 0.2) is 5.96 Å². The van der Waals surface area contributed by atoms with Gasteiger partial charge in [-0.1, -0.05) is 13.0 Å². The van der Waals surface area contributed by atoms with Crippen LogP contribution < -0.4 is 15.0 Å². The highest BCUT2D eigenvalue weighted by atomic mass is 16.5. The SMILES string of the molecule is CCNC(=NCC(C)Cn1nc(C)cc1C)N1CCN(c2cccc(OC)c2)CC1. The molecule has 7 nitrogen and oxygen atoms in total. The van der Waals surface area contributed by atoms with Crippen LogP contribution in [0.4, 0.5) is 5.69 Å². The van der Waals surface area contributed by atoms with Crippen LogP contribution in [0.1, 0.15) is 25.2 Å². The molecule has 2 heterocycles. The molecule has 0 bridgehead atoms. The number of hydrogen-bond acceptors (Lipinski definition) is 4. The molecule has 1 unspecified atom stereocenters. The van der Waals surface area contributed by atoms with Gasteiger partial charge in [-0.25, -0.2) is 0 Å². The fraction of sp³-hybridized carbons (Fsp3) is 0.565. The standard InChI is InChI=1S/C23H36N6O/c1-6-24-23(25-16-18(2)17-29-20(4)14-19(3)26-29)28-12-10-27(11-13-28)21-8-7-9-22(15-21)30-5/h7-9,14-15,18H,6,10-13,16-17H2,1-5H3,(H,24,25). The molecule has 30 heavy (non-hydrogen) atoms. The molecule has 7 heteroatoms.